The predicted molar refractivity (Wildman–Crippen MR) is 42.5 cm³/mol. The molecule has 0 N–H and O–H groups in total. The average molecular weight is 168 g/mol. The third-order valence-electron chi connectivity index (χ3n) is 2.89. The van der Waals surface area contributed by atoms with E-state index in [0.717, 1.165) is 0 Å². The summed E-state index contributed by atoms with van der Waals surface area (Å²) in [5.74, 6) is -0.523. The van der Waals surface area contributed by atoms with Gasteiger partial charge in [-0.2, -0.15) is 0 Å². The molecule has 0 heterocycles. The summed E-state index contributed by atoms with van der Waals surface area (Å²) in [5.41, 5.74) is 0. The molecule has 2 unspecified atom stereocenters. The van der Waals surface area contributed by atoms with E-state index >= 15 is 0 Å². The van der Waals surface area contributed by atoms with Crippen molar-refractivity contribution in [2.45, 2.75) is 12.2 Å². The number of rotatable bonds is 2. The molecule has 0 radical (unpaired) electrons. The first-order valence-corrected chi connectivity index (χ1v) is 4.06. The molecule has 0 aromatic rings. The minimum atomic E-state index is -0.683. The topological polar surface area (TPSA) is 35.5 Å². The van der Waals surface area contributed by atoms with E-state index < -0.39 is 5.79 Å². The maximum absolute atomic E-state index is 11.4. The molecule has 12 heavy (non-hydrogen) atoms. The second kappa shape index (κ2) is 2.41. The lowest BCUT2D eigenvalue weighted by atomic mass is 10.0. The van der Waals surface area contributed by atoms with Crippen LogP contribution in [0, 0.1) is 11.8 Å². The Morgan fingerprint density at radius 2 is 2.08 bits per heavy atom. The van der Waals surface area contributed by atoms with Crippen LogP contribution in [0.3, 0.4) is 0 Å². The van der Waals surface area contributed by atoms with Crippen molar-refractivity contribution in [3.8, 4) is 0 Å². The van der Waals surface area contributed by atoms with Crippen LogP contribution in [0.5, 0.6) is 0 Å². The molecule has 1 saturated carbocycles. The minimum absolute atomic E-state index is 0.116. The van der Waals surface area contributed by atoms with Crippen molar-refractivity contribution in [3.63, 3.8) is 0 Å². The van der Waals surface area contributed by atoms with Gasteiger partial charge >= 0.3 is 0 Å². The molecule has 2 rings (SSSR count). The maximum Gasteiger partial charge on any atom is 0.187 e. The Bertz CT molecular complexity index is 240. The van der Waals surface area contributed by atoms with Gasteiger partial charge in [0.15, 0.2) is 5.79 Å². The van der Waals surface area contributed by atoms with Gasteiger partial charge in [0.2, 0.25) is 0 Å². The zero-order valence-corrected chi connectivity index (χ0v) is 7.24. The second-order valence-corrected chi connectivity index (χ2v) is 3.27. The van der Waals surface area contributed by atoms with Gasteiger partial charge in [0.1, 0.15) is 5.78 Å². The first-order chi connectivity index (χ1) is 5.74. The van der Waals surface area contributed by atoms with E-state index in [4.69, 9.17) is 9.47 Å². The first kappa shape index (κ1) is 7.95. The minimum Gasteiger partial charge on any atom is -0.352 e. The van der Waals surface area contributed by atoms with Gasteiger partial charge in [0, 0.05) is 26.6 Å². The molecule has 0 saturated heterocycles. The zero-order chi connectivity index (χ0) is 8.77. The van der Waals surface area contributed by atoms with Crippen molar-refractivity contribution in [3.05, 3.63) is 12.2 Å². The van der Waals surface area contributed by atoms with Crippen molar-refractivity contribution in [1.82, 2.24) is 0 Å². The Labute approximate surface area is 71.3 Å². The molecular weight excluding hydrogens is 156 g/mol. The summed E-state index contributed by atoms with van der Waals surface area (Å²) in [6.45, 7) is 0. The lowest BCUT2D eigenvalue weighted by molar-refractivity contribution is -0.228. The third-order valence-corrected chi connectivity index (χ3v) is 2.89. The summed E-state index contributed by atoms with van der Waals surface area (Å²) in [6.07, 6.45) is 4.46. The molecule has 3 heteroatoms. The van der Waals surface area contributed by atoms with Gasteiger partial charge in [-0.15, -0.1) is 0 Å². The molecule has 0 aromatic carbocycles. The van der Waals surface area contributed by atoms with Gasteiger partial charge in [0.05, 0.1) is 5.92 Å². The summed E-state index contributed by atoms with van der Waals surface area (Å²) in [6, 6.07) is 0. The molecule has 3 nitrogen and oxygen atoms in total. The van der Waals surface area contributed by atoms with Crippen LogP contribution in [-0.4, -0.2) is 25.8 Å². The van der Waals surface area contributed by atoms with E-state index in [1.165, 1.54) is 0 Å². The predicted octanol–water partition coefficient (Wildman–Crippen LogP) is 0.751. The van der Waals surface area contributed by atoms with Gasteiger partial charge in [-0.05, 0) is 0 Å². The number of carbonyl (C=O) groups is 1. The maximum atomic E-state index is 11.4. The summed E-state index contributed by atoms with van der Waals surface area (Å²) in [4.78, 5) is 11.4. The lowest BCUT2D eigenvalue weighted by Gasteiger charge is -2.30. The standard InChI is InChI=1S/C9H12O3/c1-11-9(12-2)6-3-4-7(9)8(10)5-6/h3-4,6-7H,5H2,1-2H3. The highest BCUT2D eigenvalue weighted by molar-refractivity contribution is 5.88. The van der Waals surface area contributed by atoms with E-state index in [2.05, 4.69) is 0 Å². The van der Waals surface area contributed by atoms with E-state index in [1.54, 1.807) is 14.2 Å². The molecule has 66 valence electrons. The van der Waals surface area contributed by atoms with Crippen LogP contribution in [-0.2, 0) is 14.3 Å². The van der Waals surface area contributed by atoms with Gasteiger partial charge in [-0.1, -0.05) is 12.2 Å². The molecule has 0 aromatic heterocycles. The van der Waals surface area contributed by atoms with Crippen molar-refractivity contribution < 1.29 is 14.3 Å². The van der Waals surface area contributed by atoms with Gasteiger partial charge < -0.3 is 9.47 Å². The molecule has 0 aliphatic heterocycles. The normalized spacial score (nSPS) is 36.3. The smallest absolute Gasteiger partial charge is 0.187 e. The van der Waals surface area contributed by atoms with Crippen molar-refractivity contribution in [1.29, 1.82) is 0 Å². The fraction of sp³-hybridized carbons (Fsp3) is 0.667. The van der Waals surface area contributed by atoms with Crippen LogP contribution in [0.1, 0.15) is 6.42 Å². The fourth-order valence-corrected chi connectivity index (χ4v) is 2.27. The number of ketones is 1. The van der Waals surface area contributed by atoms with Crippen molar-refractivity contribution >= 4 is 5.78 Å². The number of ether oxygens (including phenoxy) is 2. The summed E-state index contributed by atoms with van der Waals surface area (Å²) in [7, 11) is 3.18. The zero-order valence-electron chi connectivity index (χ0n) is 7.24. The molecule has 0 amide bonds. The van der Waals surface area contributed by atoms with Gasteiger partial charge in [-0.3, -0.25) is 4.79 Å². The molecule has 2 aliphatic carbocycles. The Hall–Kier alpha value is -0.670. The first-order valence-electron chi connectivity index (χ1n) is 4.06. The third kappa shape index (κ3) is 0.704. The van der Waals surface area contributed by atoms with Crippen LogP contribution >= 0.6 is 0 Å². The van der Waals surface area contributed by atoms with Crippen molar-refractivity contribution in [2.75, 3.05) is 14.2 Å². The second-order valence-electron chi connectivity index (χ2n) is 3.27. The molecule has 2 aliphatic rings. The van der Waals surface area contributed by atoms with Gasteiger partial charge in [-0.25, -0.2) is 0 Å². The van der Waals surface area contributed by atoms with E-state index in [0.29, 0.717) is 6.42 Å². The van der Waals surface area contributed by atoms with Crippen LogP contribution in [0.25, 0.3) is 0 Å². The largest absolute Gasteiger partial charge is 0.352 e. The number of carbonyl (C=O) groups excluding carboxylic acids is 1. The number of fused-ring (bicyclic) bond motifs is 2. The lowest BCUT2D eigenvalue weighted by Crippen LogP contribution is -2.40. The highest BCUT2D eigenvalue weighted by atomic mass is 16.7. The quantitative estimate of drug-likeness (QED) is 0.451. The SMILES string of the molecule is COC1(OC)C2C=CC1C(=O)C2. The molecule has 2 bridgehead atoms. The fourth-order valence-electron chi connectivity index (χ4n) is 2.27. The monoisotopic (exact) mass is 168 g/mol. The van der Waals surface area contributed by atoms with E-state index in [1.807, 2.05) is 12.2 Å². The van der Waals surface area contributed by atoms with Crippen LogP contribution < -0.4 is 0 Å². The molecule has 1 fully saturated rings. The van der Waals surface area contributed by atoms with Crippen LogP contribution in [0.2, 0.25) is 0 Å². The summed E-state index contributed by atoms with van der Waals surface area (Å²) in [5, 5.41) is 0. The summed E-state index contributed by atoms with van der Waals surface area (Å²) >= 11 is 0. The number of methoxy groups -OCH3 is 2. The summed E-state index contributed by atoms with van der Waals surface area (Å²) < 4.78 is 10.6. The Kier molecular flexibility index (Phi) is 1.59. The Balaban J connectivity index is 2.36. The number of hydrogen-bond acceptors (Lipinski definition) is 3. The van der Waals surface area contributed by atoms with Crippen LogP contribution in [0.4, 0.5) is 0 Å². The molecule has 0 spiro atoms. The van der Waals surface area contributed by atoms with Crippen molar-refractivity contribution in [2.24, 2.45) is 11.8 Å². The van der Waals surface area contributed by atoms with E-state index in [9.17, 15) is 4.79 Å². The van der Waals surface area contributed by atoms with Crippen LogP contribution in [0.15, 0.2) is 12.2 Å². The molecular formula is C9H12O3. The Morgan fingerprint density at radius 3 is 2.33 bits per heavy atom. The number of hydrogen-bond donors (Lipinski definition) is 0. The average Bonchev–Trinajstić information content (AvgIpc) is 2.56. The highest BCUT2D eigenvalue weighted by Gasteiger charge is 2.57. The number of Topliss-reactive ketones (excluding diaryl/α,β-unsaturated/α-hetero) is 1. The Morgan fingerprint density at radius 1 is 1.42 bits per heavy atom. The van der Waals surface area contributed by atoms with Gasteiger partial charge in [0.25, 0.3) is 0 Å². The highest BCUT2D eigenvalue weighted by Crippen LogP contribution is 2.47. The molecule has 2 atom stereocenters. The van der Waals surface area contributed by atoms with E-state index in [-0.39, 0.29) is 17.6 Å².